The molecular formula is C18H29NO2. The van der Waals surface area contributed by atoms with Crippen molar-refractivity contribution < 1.29 is 10.2 Å². The zero-order valence-corrected chi connectivity index (χ0v) is 13.6. The van der Waals surface area contributed by atoms with Gasteiger partial charge in [0.1, 0.15) is 0 Å². The van der Waals surface area contributed by atoms with Gasteiger partial charge in [-0.1, -0.05) is 32.0 Å². The van der Waals surface area contributed by atoms with Gasteiger partial charge in [0, 0.05) is 11.6 Å². The van der Waals surface area contributed by atoms with Gasteiger partial charge in [-0.3, -0.25) is 0 Å². The average molecular weight is 291 g/mol. The Morgan fingerprint density at radius 3 is 2.43 bits per heavy atom. The summed E-state index contributed by atoms with van der Waals surface area (Å²) in [6.07, 6.45) is 5.48. The normalized spacial score (nSPS) is 18.9. The molecule has 0 aromatic heterocycles. The second kappa shape index (κ2) is 6.91. The molecule has 0 aliphatic heterocycles. The number of nitrogens with zero attached hydrogens (tertiary/aromatic N) is 1. The third kappa shape index (κ3) is 3.85. The highest BCUT2D eigenvalue weighted by Gasteiger charge is 2.30. The van der Waals surface area contributed by atoms with E-state index in [1.54, 1.807) is 0 Å². The topological polar surface area (TPSA) is 43.7 Å². The van der Waals surface area contributed by atoms with Crippen LogP contribution in [0.4, 0.5) is 0 Å². The van der Waals surface area contributed by atoms with Crippen LogP contribution in [0, 0.1) is 0 Å². The number of benzene rings is 1. The molecule has 2 rings (SSSR count). The molecule has 118 valence electrons. The molecule has 0 saturated carbocycles. The van der Waals surface area contributed by atoms with Crippen molar-refractivity contribution in [2.45, 2.75) is 64.7 Å². The van der Waals surface area contributed by atoms with Gasteiger partial charge in [-0.2, -0.15) is 0 Å². The summed E-state index contributed by atoms with van der Waals surface area (Å²) >= 11 is 0. The summed E-state index contributed by atoms with van der Waals surface area (Å²) in [6.45, 7) is 8.17. The third-order valence-electron chi connectivity index (χ3n) is 4.51. The van der Waals surface area contributed by atoms with Crippen molar-refractivity contribution in [3.63, 3.8) is 0 Å². The number of aryl methyl sites for hydroxylation is 1. The number of fused-ring (bicyclic) bond motifs is 1. The summed E-state index contributed by atoms with van der Waals surface area (Å²) in [5, 5.41) is 20.0. The van der Waals surface area contributed by atoms with E-state index < -0.39 is 5.79 Å². The highest BCUT2D eigenvalue weighted by molar-refractivity contribution is 5.40. The standard InChI is InChI=1S/C18H29NO2/c1-4-11-19(12-5-2)15-10-9-14-7-6-8-17(16(14)13-15)18(3,20)21/h6-8,15,20-21H,4-5,9-13H2,1-3H3. The Bertz CT molecular complexity index is 459. The molecule has 0 radical (unpaired) electrons. The van der Waals surface area contributed by atoms with Gasteiger partial charge in [-0.15, -0.1) is 0 Å². The zero-order chi connectivity index (χ0) is 15.5. The molecule has 21 heavy (non-hydrogen) atoms. The fraction of sp³-hybridized carbons (Fsp3) is 0.667. The van der Waals surface area contributed by atoms with Crippen molar-refractivity contribution in [2.75, 3.05) is 13.1 Å². The summed E-state index contributed by atoms with van der Waals surface area (Å²) in [6, 6.07) is 6.45. The van der Waals surface area contributed by atoms with Crippen molar-refractivity contribution in [2.24, 2.45) is 0 Å². The molecular weight excluding hydrogens is 262 g/mol. The van der Waals surface area contributed by atoms with Crippen LogP contribution in [0.1, 0.15) is 56.7 Å². The zero-order valence-electron chi connectivity index (χ0n) is 13.6. The fourth-order valence-corrected chi connectivity index (χ4v) is 3.58. The number of hydrogen-bond donors (Lipinski definition) is 2. The van der Waals surface area contributed by atoms with Gasteiger partial charge in [0.2, 0.25) is 0 Å². The summed E-state index contributed by atoms with van der Waals surface area (Å²) in [5.41, 5.74) is 3.11. The van der Waals surface area contributed by atoms with E-state index in [0.29, 0.717) is 11.6 Å². The first-order valence-electron chi connectivity index (χ1n) is 8.27. The quantitative estimate of drug-likeness (QED) is 0.792. The number of rotatable bonds is 6. The smallest absolute Gasteiger partial charge is 0.187 e. The third-order valence-corrected chi connectivity index (χ3v) is 4.51. The molecule has 1 unspecified atom stereocenters. The molecule has 0 bridgehead atoms. The number of hydrogen-bond acceptors (Lipinski definition) is 3. The Balaban J connectivity index is 2.26. The molecule has 0 heterocycles. The molecule has 0 spiro atoms. The van der Waals surface area contributed by atoms with E-state index in [4.69, 9.17) is 0 Å². The molecule has 0 saturated heterocycles. The Labute approximate surface area is 128 Å². The van der Waals surface area contributed by atoms with Gasteiger partial charge in [0.15, 0.2) is 5.79 Å². The van der Waals surface area contributed by atoms with Crippen LogP contribution in [0.2, 0.25) is 0 Å². The maximum atomic E-state index is 10.0. The maximum absolute atomic E-state index is 10.0. The van der Waals surface area contributed by atoms with E-state index in [1.807, 2.05) is 12.1 Å². The van der Waals surface area contributed by atoms with Gasteiger partial charge < -0.3 is 15.1 Å². The maximum Gasteiger partial charge on any atom is 0.187 e. The van der Waals surface area contributed by atoms with Crippen molar-refractivity contribution in [1.82, 2.24) is 4.90 Å². The van der Waals surface area contributed by atoms with Crippen molar-refractivity contribution in [3.8, 4) is 0 Å². The van der Waals surface area contributed by atoms with Crippen molar-refractivity contribution in [1.29, 1.82) is 0 Å². The van der Waals surface area contributed by atoms with Crippen LogP contribution in [0.25, 0.3) is 0 Å². The first-order valence-corrected chi connectivity index (χ1v) is 8.27. The molecule has 3 heteroatoms. The largest absolute Gasteiger partial charge is 0.362 e. The molecule has 2 N–H and O–H groups in total. The van der Waals surface area contributed by atoms with E-state index in [0.717, 1.165) is 31.5 Å². The lowest BCUT2D eigenvalue weighted by molar-refractivity contribution is -0.153. The van der Waals surface area contributed by atoms with Crippen molar-refractivity contribution >= 4 is 0 Å². The average Bonchev–Trinajstić information content (AvgIpc) is 2.45. The Morgan fingerprint density at radius 2 is 1.86 bits per heavy atom. The minimum atomic E-state index is -1.74. The SMILES string of the molecule is CCCN(CCC)C1CCc2cccc(C(C)(O)O)c2C1. The highest BCUT2D eigenvalue weighted by atomic mass is 16.5. The molecule has 3 nitrogen and oxygen atoms in total. The molecule has 1 aromatic rings. The molecule has 1 aromatic carbocycles. The minimum absolute atomic E-state index is 0.529. The van der Waals surface area contributed by atoms with Crippen LogP contribution in [-0.4, -0.2) is 34.2 Å². The van der Waals surface area contributed by atoms with Crippen LogP contribution >= 0.6 is 0 Å². The molecule has 1 aliphatic rings. The Morgan fingerprint density at radius 1 is 1.19 bits per heavy atom. The molecule has 0 fully saturated rings. The molecule has 1 atom stereocenters. The van der Waals surface area contributed by atoms with Gasteiger partial charge in [-0.05, 0) is 63.2 Å². The monoisotopic (exact) mass is 291 g/mol. The second-order valence-corrected chi connectivity index (χ2v) is 6.40. The first-order chi connectivity index (χ1) is 9.97. The van der Waals surface area contributed by atoms with E-state index in [1.165, 1.54) is 31.7 Å². The summed E-state index contributed by atoms with van der Waals surface area (Å²) < 4.78 is 0. The lowest BCUT2D eigenvalue weighted by Crippen LogP contribution is -2.41. The van der Waals surface area contributed by atoms with Crippen LogP contribution in [-0.2, 0) is 18.6 Å². The summed E-state index contributed by atoms with van der Waals surface area (Å²) in [5.74, 6) is -1.74. The van der Waals surface area contributed by atoms with E-state index >= 15 is 0 Å². The van der Waals surface area contributed by atoms with Crippen LogP contribution < -0.4 is 0 Å². The van der Waals surface area contributed by atoms with Gasteiger partial charge >= 0.3 is 0 Å². The van der Waals surface area contributed by atoms with Crippen molar-refractivity contribution in [3.05, 3.63) is 34.9 Å². The van der Waals surface area contributed by atoms with E-state index in [-0.39, 0.29) is 0 Å². The van der Waals surface area contributed by atoms with Gasteiger partial charge in [0.05, 0.1) is 0 Å². The summed E-state index contributed by atoms with van der Waals surface area (Å²) in [4.78, 5) is 2.58. The Kier molecular flexibility index (Phi) is 5.42. The predicted octanol–water partition coefficient (Wildman–Crippen LogP) is 2.82. The number of aliphatic hydroxyl groups is 2. The van der Waals surface area contributed by atoms with Crippen LogP contribution in [0.15, 0.2) is 18.2 Å². The molecule has 0 amide bonds. The van der Waals surface area contributed by atoms with E-state index in [9.17, 15) is 10.2 Å². The minimum Gasteiger partial charge on any atom is -0.362 e. The Hall–Kier alpha value is -0.900. The lowest BCUT2D eigenvalue weighted by atomic mass is 9.82. The van der Waals surface area contributed by atoms with Gasteiger partial charge in [0.25, 0.3) is 0 Å². The van der Waals surface area contributed by atoms with E-state index in [2.05, 4.69) is 24.8 Å². The van der Waals surface area contributed by atoms with Crippen LogP contribution in [0.3, 0.4) is 0 Å². The fourth-order valence-electron chi connectivity index (χ4n) is 3.58. The molecule has 1 aliphatic carbocycles. The lowest BCUT2D eigenvalue weighted by Gasteiger charge is -2.36. The first kappa shape index (κ1) is 16.5. The van der Waals surface area contributed by atoms with Crippen LogP contribution in [0.5, 0.6) is 0 Å². The highest BCUT2D eigenvalue weighted by Crippen LogP contribution is 2.32. The predicted molar refractivity (Wildman–Crippen MR) is 86.2 cm³/mol. The second-order valence-electron chi connectivity index (χ2n) is 6.40. The summed E-state index contributed by atoms with van der Waals surface area (Å²) in [7, 11) is 0. The van der Waals surface area contributed by atoms with Gasteiger partial charge in [-0.25, -0.2) is 0 Å².